The van der Waals surface area contributed by atoms with Crippen LogP contribution >= 0.6 is 11.8 Å². The van der Waals surface area contributed by atoms with Gasteiger partial charge in [-0.3, -0.25) is 4.79 Å². The molecule has 0 aliphatic rings. The minimum atomic E-state index is -0.713. The second kappa shape index (κ2) is 8.37. The summed E-state index contributed by atoms with van der Waals surface area (Å²) in [5, 5.41) is 18.7. The maximum atomic E-state index is 12.0. The van der Waals surface area contributed by atoms with E-state index in [0.717, 1.165) is 11.8 Å². The first-order valence-corrected chi connectivity index (χ1v) is 8.90. The molecular weight excluding hydrogens is 346 g/mol. The Morgan fingerprint density at radius 3 is 2.31 bits per heavy atom. The number of pyridine rings is 1. The summed E-state index contributed by atoms with van der Waals surface area (Å²) in [5.74, 6) is -0.268. The number of carbonyl (C=O) groups is 1. The van der Waals surface area contributed by atoms with Crippen molar-refractivity contribution in [1.29, 1.82) is 10.5 Å². The van der Waals surface area contributed by atoms with Crippen molar-refractivity contribution in [3.05, 3.63) is 52.6 Å². The Morgan fingerprint density at radius 1 is 1.19 bits per heavy atom. The van der Waals surface area contributed by atoms with Gasteiger partial charge >= 0.3 is 0 Å². The Hall–Kier alpha value is -3.03. The molecule has 0 unspecified atom stereocenters. The SMILES string of the molecule is CC(C)Cc1c(C#N)c(N)nc(S[C@@H](C(N)=O)c2ccccc2)c1C#N. The molecule has 6 nitrogen and oxygen atoms in total. The van der Waals surface area contributed by atoms with Gasteiger partial charge in [0, 0.05) is 0 Å². The number of benzene rings is 1. The quantitative estimate of drug-likeness (QED) is 0.757. The van der Waals surface area contributed by atoms with Gasteiger partial charge in [-0.2, -0.15) is 10.5 Å². The lowest BCUT2D eigenvalue weighted by Crippen LogP contribution is -2.19. The molecule has 2 aromatic rings. The standard InChI is InChI=1S/C19H19N5OS/c1-11(2)8-13-14(9-20)17(22)24-19(15(13)10-21)26-16(18(23)25)12-6-4-3-5-7-12/h3-7,11,16H,8H2,1-2H3,(H2,22,24)(H2,23,25)/t16-/m1/s1. The fourth-order valence-corrected chi connectivity index (χ4v) is 3.67. The predicted octanol–water partition coefficient (Wildman–Crippen LogP) is 2.92. The average Bonchev–Trinajstić information content (AvgIpc) is 2.60. The van der Waals surface area contributed by atoms with Crippen LogP contribution in [-0.2, 0) is 11.2 Å². The van der Waals surface area contributed by atoms with Crippen molar-refractivity contribution < 1.29 is 4.79 Å². The van der Waals surface area contributed by atoms with Crippen LogP contribution < -0.4 is 11.5 Å². The van der Waals surface area contributed by atoms with Gasteiger partial charge in [0.05, 0.1) is 11.1 Å². The number of amides is 1. The van der Waals surface area contributed by atoms with Gasteiger partial charge in [0.2, 0.25) is 5.91 Å². The van der Waals surface area contributed by atoms with E-state index in [4.69, 9.17) is 11.5 Å². The third-order valence-corrected chi connectivity index (χ3v) is 4.98. The van der Waals surface area contributed by atoms with Gasteiger partial charge in [-0.1, -0.05) is 55.9 Å². The van der Waals surface area contributed by atoms with Gasteiger partial charge in [0.25, 0.3) is 0 Å². The smallest absolute Gasteiger partial charge is 0.235 e. The molecule has 1 aromatic heterocycles. The molecule has 1 aromatic carbocycles. The van der Waals surface area contributed by atoms with Gasteiger partial charge in [0.15, 0.2) is 0 Å². The van der Waals surface area contributed by atoms with Crippen LogP contribution in [0.5, 0.6) is 0 Å². The number of hydrogen-bond acceptors (Lipinski definition) is 6. The molecule has 0 fully saturated rings. The summed E-state index contributed by atoms with van der Waals surface area (Å²) in [6, 6.07) is 13.2. The van der Waals surface area contributed by atoms with Crippen LogP contribution in [0.2, 0.25) is 0 Å². The first-order chi connectivity index (χ1) is 12.4. The second-order valence-electron chi connectivity index (χ2n) is 6.16. The van der Waals surface area contributed by atoms with Crippen molar-refractivity contribution in [3.8, 4) is 12.1 Å². The molecule has 132 valence electrons. The van der Waals surface area contributed by atoms with E-state index in [-0.39, 0.29) is 22.9 Å². The summed E-state index contributed by atoms with van der Waals surface area (Å²) >= 11 is 1.08. The van der Waals surface area contributed by atoms with Crippen molar-refractivity contribution in [3.63, 3.8) is 0 Å². The number of rotatable bonds is 6. The van der Waals surface area contributed by atoms with Gasteiger partial charge in [0.1, 0.15) is 28.2 Å². The zero-order valence-electron chi connectivity index (χ0n) is 14.6. The molecule has 0 spiro atoms. The fourth-order valence-electron chi connectivity index (χ4n) is 2.60. The monoisotopic (exact) mass is 365 g/mol. The number of nitriles is 2. The van der Waals surface area contributed by atoms with E-state index in [1.54, 1.807) is 12.1 Å². The lowest BCUT2D eigenvalue weighted by molar-refractivity contribution is -0.117. The molecule has 7 heteroatoms. The highest BCUT2D eigenvalue weighted by Crippen LogP contribution is 2.38. The molecule has 1 atom stereocenters. The number of nitrogens with two attached hydrogens (primary N) is 2. The molecule has 26 heavy (non-hydrogen) atoms. The Kier molecular flexibility index (Phi) is 6.21. The second-order valence-corrected chi connectivity index (χ2v) is 7.26. The highest BCUT2D eigenvalue weighted by atomic mass is 32.2. The summed E-state index contributed by atoms with van der Waals surface area (Å²) in [6.07, 6.45) is 0.513. The third kappa shape index (κ3) is 4.14. The number of nitrogens with zero attached hydrogens (tertiary/aromatic N) is 3. The van der Waals surface area contributed by atoms with E-state index >= 15 is 0 Å². The molecule has 0 aliphatic heterocycles. The molecule has 0 radical (unpaired) electrons. The summed E-state index contributed by atoms with van der Waals surface area (Å²) < 4.78 is 0. The Balaban J connectivity index is 2.59. The zero-order valence-corrected chi connectivity index (χ0v) is 15.4. The van der Waals surface area contributed by atoms with E-state index in [9.17, 15) is 15.3 Å². The maximum absolute atomic E-state index is 12.0. The average molecular weight is 365 g/mol. The minimum Gasteiger partial charge on any atom is -0.383 e. The van der Waals surface area contributed by atoms with Crippen LogP contribution in [-0.4, -0.2) is 10.9 Å². The van der Waals surface area contributed by atoms with E-state index in [1.165, 1.54) is 0 Å². The molecule has 0 saturated heterocycles. The molecular formula is C19H19N5OS. The van der Waals surface area contributed by atoms with Crippen molar-refractivity contribution in [2.45, 2.75) is 30.5 Å². The van der Waals surface area contributed by atoms with Crippen LogP contribution in [0.25, 0.3) is 0 Å². The third-order valence-electron chi connectivity index (χ3n) is 3.72. The number of nitrogen functional groups attached to an aromatic ring is 1. The van der Waals surface area contributed by atoms with E-state index < -0.39 is 11.2 Å². The molecule has 4 N–H and O–H groups in total. The summed E-state index contributed by atoms with van der Waals surface area (Å²) in [5.41, 5.74) is 13.3. The Morgan fingerprint density at radius 2 is 1.81 bits per heavy atom. The number of thioether (sulfide) groups is 1. The number of anilines is 1. The van der Waals surface area contributed by atoms with E-state index in [0.29, 0.717) is 22.6 Å². The lowest BCUT2D eigenvalue weighted by atomic mass is 9.95. The highest BCUT2D eigenvalue weighted by molar-refractivity contribution is 8.00. The molecule has 1 heterocycles. The van der Waals surface area contributed by atoms with E-state index in [2.05, 4.69) is 11.1 Å². The predicted molar refractivity (Wildman–Crippen MR) is 101 cm³/mol. The molecule has 0 bridgehead atoms. The van der Waals surface area contributed by atoms with E-state index in [1.807, 2.05) is 38.1 Å². The lowest BCUT2D eigenvalue weighted by Gasteiger charge is -2.17. The number of hydrogen-bond donors (Lipinski definition) is 2. The van der Waals surface area contributed by atoms with Gasteiger partial charge in [-0.05, 0) is 23.5 Å². The van der Waals surface area contributed by atoms with Crippen molar-refractivity contribution in [2.24, 2.45) is 11.7 Å². The summed E-state index contributed by atoms with van der Waals surface area (Å²) in [4.78, 5) is 16.2. The van der Waals surface area contributed by atoms with Crippen LogP contribution in [0.3, 0.4) is 0 Å². The van der Waals surface area contributed by atoms with Crippen molar-refractivity contribution >= 4 is 23.5 Å². The van der Waals surface area contributed by atoms with Crippen molar-refractivity contribution in [1.82, 2.24) is 4.98 Å². The van der Waals surface area contributed by atoms with Gasteiger partial charge < -0.3 is 11.5 Å². The maximum Gasteiger partial charge on any atom is 0.235 e. The normalized spacial score (nSPS) is 11.6. The minimum absolute atomic E-state index is 0.0564. The van der Waals surface area contributed by atoms with Gasteiger partial charge in [-0.25, -0.2) is 4.98 Å². The Labute approximate surface area is 156 Å². The molecule has 0 aliphatic carbocycles. The zero-order chi connectivity index (χ0) is 19.3. The van der Waals surface area contributed by atoms with Crippen LogP contribution in [0.4, 0.5) is 5.82 Å². The van der Waals surface area contributed by atoms with Crippen LogP contribution in [0, 0.1) is 28.6 Å². The fraction of sp³-hybridized carbons (Fsp3) is 0.263. The van der Waals surface area contributed by atoms with Gasteiger partial charge in [-0.15, -0.1) is 0 Å². The first-order valence-electron chi connectivity index (χ1n) is 8.02. The van der Waals surface area contributed by atoms with Crippen LogP contribution in [0.15, 0.2) is 35.4 Å². The van der Waals surface area contributed by atoms with Crippen molar-refractivity contribution in [2.75, 3.05) is 5.73 Å². The topological polar surface area (TPSA) is 130 Å². The summed E-state index contributed by atoms with van der Waals surface area (Å²) in [7, 11) is 0. The number of carbonyl (C=O) groups excluding carboxylic acids is 1. The Bertz CT molecular complexity index is 897. The van der Waals surface area contributed by atoms with Crippen LogP contribution in [0.1, 0.15) is 41.4 Å². The molecule has 2 rings (SSSR count). The molecule has 1 amide bonds. The number of aromatic nitrogens is 1. The highest BCUT2D eigenvalue weighted by Gasteiger charge is 2.25. The summed E-state index contributed by atoms with van der Waals surface area (Å²) in [6.45, 7) is 3.98. The largest absolute Gasteiger partial charge is 0.383 e. The number of primary amides is 1. The first kappa shape index (κ1) is 19.3. The molecule has 0 saturated carbocycles.